The van der Waals surface area contributed by atoms with E-state index in [1.165, 1.54) is 0 Å². The van der Waals surface area contributed by atoms with Gasteiger partial charge in [0, 0.05) is 5.56 Å². The molecule has 0 bridgehead atoms. The summed E-state index contributed by atoms with van der Waals surface area (Å²) in [6, 6.07) is 11.5. The zero-order chi connectivity index (χ0) is 17.1. The minimum absolute atomic E-state index is 0.220. The molecule has 24 heavy (non-hydrogen) atoms. The molecule has 6 nitrogen and oxygen atoms in total. The topological polar surface area (TPSA) is 90.2 Å². The van der Waals surface area contributed by atoms with Crippen molar-refractivity contribution in [2.45, 2.75) is 6.92 Å². The lowest BCUT2D eigenvalue weighted by Gasteiger charge is -2.14. The fourth-order valence-corrected chi connectivity index (χ4v) is 2.90. The van der Waals surface area contributed by atoms with Crippen LogP contribution >= 0.6 is 15.9 Å². The summed E-state index contributed by atoms with van der Waals surface area (Å²) < 4.78 is 11.7. The third-order valence-corrected chi connectivity index (χ3v) is 3.92. The van der Waals surface area contributed by atoms with Gasteiger partial charge < -0.3 is 20.2 Å². The standard InChI is InChI=1S/C17H16BrN3O3/c1-2-23-14-8-10(7-11(18)16(14)24-9-15(19)22)17-20-12-5-3-4-6-13(12)21-17/h3-8H,2,9H2,1H3,(H2,19,22)(H,20,21). The van der Waals surface area contributed by atoms with E-state index in [-0.39, 0.29) is 6.61 Å². The van der Waals surface area contributed by atoms with Crippen LogP contribution in [0, 0.1) is 0 Å². The van der Waals surface area contributed by atoms with E-state index in [9.17, 15) is 4.79 Å². The fourth-order valence-electron chi connectivity index (χ4n) is 2.34. The highest BCUT2D eigenvalue weighted by Gasteiger charge is 2.16. The number of rotatable bonds is 6. The van der Waals surface area contributed by atoms with Crippen LogP contribution in [0.25, 0.3) is 22.4 Å². The minimum atomic E-state index is -0.550. The van der Waals surface area contributed by atoms with Crippen LogP contribution in [-0.4, -0.2) is 29.1 Å². The van der Waals surface area contributed by atoms with Gasteiger partial charge in [0.2, 0.25) is 0 Å². The predicted octanol–water partition coefficient (Wildman–Crippen LogP) is 3.26. The maximum atomic E-state index is 11.0. The van der Waals surface area contributed by atoms with E-state index in [4.69, 9.17) is 15.2 Å². The van der Waals surface area contributed by atoms with Crippen molar-refractivity contribution in [3.63, 3.8) is 0 Å². The molecule has 0 spiro atoms. The number of ether oxygens (including phenoxy) is 2. The third-order valence-electron chi connectivity index (χ3n) is 3.33. The van der Waals surface area contributed by atoms with Gasteiger partial charge in [-0.05, 0) is 47.1 Å². The van der Waals surface area contributed by atoms with Crippen molar-refractivity contribution in [2.75, 3.05) is 13.2 Å². The average Bonchev–Trinajstić information content (AvgIpc) is 2.98. The van der Waals surface area contributed by atoms with Gasteiger partial charge in [-0.15, -0.1) is 0 Å². The molecule has 0 radical (unpaired) electrons. The van der Waals surface area contributed by atoms with Gasteiger partial charge in [-0.3, -0.25) is 4.79 Å². The summed E-state index contributed by atoms with van der Waals surface area (Å²) in [5.41, 5.74) is 7.82. The Labute approximate surface area is 147 Å². The molecular weight excluding hydrogens is 374 g/mol. The van der Waals surface area contributed by atoms with Gasteiger partial charge in [0.25, 0.3) is 5.91 Å². The monoisotopic (exact) mass is 389 g/mol. The molecule has 0 fully saturated rings. The van der Waals surface area contributed by atoms with E-state index >= 15 is 0 Å². The summed E-state index contributed by atoms with van der Waals surface area (Å²) in [6.07, 6.45) is 0. The second kappa shape index (κ2) is 6.92. The first-order valence-electron chi connectivity index (χ1n) is 7.41. The van der Waals surface area contributed by atoms with Gasteiger partial charge >= 0.3 is 0 Å². The molecule has 1 aromatic heterocycles. The fraction of sp³-hybridized carbons (Fsp3) is 0.176. The van der Waals surface area contributed by atoms with Crippen LogP contribution in [0.2, 0.25) is 0 Å². The number of nitrogens with two attached hydrogens (primary N) is 1. The molecule has 3 N–H and O–H groups in total. The first-order chi connectivity index (χ1) is 11.6. The van der Waals surface area contributed by atoms with Crippen molar-refractivity contribution < 1.29 is 14.3 Å². The second-order valence-electron chi connectivity index (χ2n) is 5.08. The molecule has 0 aliphatic rings. The molecule has 0 saturated carbocycles. The molecule has 0 saturated heterocycles. The highest BCUT2D eigenvalue weighted by molar-refractivity contribution is 9.10. The summed E-state index contributed by atoms with van der Waals surface area (Å²) in [6.45, 7) is 2.12. The number of primary amides is 1. The largest absolute Gasteiger partial charge is 0.490 e. The number of hydrogen-bond acceptors (Lipinski definition) is 4. The zero-order valence-corrected chi connectivity index (χ0v) is 14.6. The summed E-state index contributed by atoms with van der Waals surface area (Å²) >= 11 is 3.46. The number of carbonyl (C=O) groups excluding carboxylic acids is 1. The second-order valence-corrected chi connectivity index (χ2v) is 5.93. The van der Waals surface area contributed by atoms with E-state index in [1.807, 2.05) is 43.3 Å². The van der Waals surface area contributed by atoms with Crippen molar-refractivity contribution in [3.05, 3.63) is 40.9 Å². The Hall–Kier alpha value is -2.54. The summed E-state index contributed by atoms with van der Waals surface area (Å²) in [5.74, 6) is 1.13. The normalized spacial score (nSPS) is 10.8. The maximum absolute atomic E-state index is 11.0. The highest BCUT2D eigenvalue weighted by Crippen LogP contribution is 2.39. The first-order valence-corrected chi connectivity index (χ1v) is 8.20. The smallest absolute Gasteiger partial charge is 0.255 e. The maximum Gasteiger partial charge on any atom is 0.255 e. The summed E-state index contributed by atoms with van der Waals surface area (Å²) in [5, 5.41) is 0. The molecule has 2 aromatic carbocycles. The Kier molecular flexibility index (Phi) is 4.71. The molecular formula is C17H16BrN3O3. The van der Waals surface area contributed by atoms with Crippen molar-refractivity contribution in [1.82, 2.24) is 9.97 Å². The number of imidazole rings is 1. The molecule has 3 rings (SSSR count). The van der Waals surface area contributed by atoms with Gasteiger partial charge in [-0.25, -0.2) is 4.98 Å². The van der Waals surface area contributed by atoms with Crippen LogP contribution in [0.4, 0.5) is 0 Å². The third kappa shape index (κ3) is 3.35. The molecule has 0 unspecified atom stereocenters. The Morgan fingerprint density at radius 3 is 2.79 bits per heavy atom. The Morgan fingerprint density at radius 1 is 1.29 bits per heavy atom. The van der Waals surface area contributed by atoms with Gasteiger partial charge in [0.15, 0.2) is 18.1 Å². The molecule has 1 amide bonds. The Morgan fingerprint density at radius 2 is 2.08 bits per heavy atom. The van der Waals surface area contributed by atoms with Crippen LogP contribution in [0.3, 0.4) is 0 Å². The summed E-state index contributed by atoms with van der Waals surface area (Å²) in [7, 11) is 0. The number of hydrogen-bond donors (Lipinski definition) is 2. The van der Waals surface area contributed by atoms with Gasteiger partial charge in [0.05, 0.1) is 22.1 Å². The van der Waals surface area contributed by atoms with E-state index in [0.717, 1.165) is 22.4 Å². The molecule has 0 aliphatic carbocycles. The average molecular weight is 390 g/mol. The number of amides is 1. The van der Waals surface area contributed by atoms with Crippen LogP contribution in [0.15, 0.2) is 40.9 Å². The van der Waals surface area contributed by atoms with E-state index in [1.54, 1.807) is 0 Å². The number of benzene rings is 2. The first kappa shape index (κ1) is 16.3. The van der Waals surface area contributed by atoms with Crippen LogP contribution in [0.1, 0.15) is 6.92 Å². The number of nitrogens with one attached hydrogen (secondary N) is 1. The highest BCUT2D eigenvalue weighted by atomic mass is 79.9. The quantitative estimate of drug-likeness (QED) is 0.676. The Balaban J connectivity index is 2.03. The van der Waals surface area contributed by atoms with E-state index < -0.39 is 5.91 Å². The van der Waals surface area contributed by atoms with Crippen molar-refractivity contribution in [3.8, 4) is 22.9 Å². The number of H-pyrrole nitrogens is 1. The number of fused-ring (bicyclic) bond motifs is 1. The number of halogens is 1. The molecule has 0 aliphatic heterocycles. The Bertz CT molecular complexity index is 859. The minimum Gasteiger partial charge on any atom is -0.490 e. The van der Waals surface area contributed by atoms with Gasteiger partial charge in [0.1, 0.15) is 5.82 Å². The van der Waals surface area contributed by atoms with Crippen molar-refractivity contribution in [2.24, 2.45) is 5.73 Å². The lowest BCUT2D eigenvalue weighted by Crippen LogP contribution is -2.20. The lowest BCUT2D eigenvalue weighted by atomic mass is 10.2. The lowest BCUT2D eigenvalue weighted by molar-refractivity contribution is -0.119. The molecule has 0 atom stereocenters. The van der Waals surface area contributed by atoms with Crippen molar-refractivity contribution in [1.29, 1.82) is 0 Å². The van der Waals surface area contributed by atoms with Crippen LogP contribution in [-0.2, 0) is 4.79 Å². The van der Waals surface area contributed by atoms with Gasteiger partial charge in [-0.2, -0.15) is 0 Å². The number of nitrogens with zero attached hydrogens (tertiary/aromatic N) is 1. The zero-order valence-electron chi connectivity index (χ0n) is 13.0. The van der Waals surface area contributed by atoms with E-state index in [2.05, 4.69) is 25.9 Å². The van der Waals surface area contributed by atoms with Crippen LogP contribution < -0.4 is 15.2 Å². The van der Waals surface area contributed by atoms with Gasteiger partial charge in [-0.1, -0.05) is 12.1 Å². The van der Waals surface area contributed by atoms with Crippen LogP contribution in [0.5, 0.6) is 11.5 Å². The molecule has 1 heterocycles. The van der Waals surface area contributed by atoms with E-state index in [0.29, 0.717) is 22.6 Å². The SMILES string of the molecule is CCOc1cc(-c2nc3ccccc3[nH]2)cc(Br)c1OCC(N)=O. The summed E-state index contributed by atoms with van der Waals surface area (Å²) in [4.78, 5) is 18.8. The molecule has 7 heteroatoms. The number of aromatic nitrogens is 2. The number of para-hydroxylation sites is 2. The predicted molar refractivity (Wildman–Crippen MR) is 95.1 cm³/mol. The number of carbonyl (C=O) groups is 1. The number of aromatic amines is 1. The molecule has 124 valence electrons. The molecule has 3 aromatic rings. The van der Waals surface area contributed by atoms with Crippen molar-refractivity contribution >= 4 is 32.9 Å².